The summed E-state index contributed by atoms with van der Waals surface area (Å²) >= 11 is 1.83. The molecule has 3 aliphatic rings. The summed E-state index contributed by atoms with van der Waals surface area (Å²) in [5.41, 5.74) is 0. The van der Waals surface area contributed by atoms with Gasteiger partial charge in [0.15, 0.2) is 5.96 Å². The molecule has 0 bridgehead atoms. The van der Waals surface area contributed by atoms with Gasteiger partial charge in [0.25, 0.3) is 0 Å². The van der Waals surface area contributed by atoms with Crippen LogP contribution in [0.2, 0.25) is 0 Å². The van der Waals surface area contributed by atoms with Gasteiger partial charge in [0.1, 0.15) is 0 Å². The molecule has 2 N–H and O–H groups in total. The summed E-state index contributed by atoms with van der Waals surface area (Å²) in [4.78, 5) is 9.57. The van der Waals surface area contributed by atoms with Crippen LogP contribution in [-0.4, -0.2) is 89.1 Å². The maximum absolute atomic E-state index is 5.69. The SMILES string of the molecule is CN=C(NCC(C1CCOC1)N1CCOCC1)NC1CCN(c2cccs2)CC1.I. The van der Waals surface area contributed by atoms with Gasteiger partial charge in [0, 0.05) is 64.4 Å². The molecule has 30 heavy (non-hydrogen) atoms. The van der Waals surface area contributed by atoms with Crippen LogP contribution in [0.3, 0.4) is 0 Å². The second kappa shape index (κ2) is 12.4. The zero-order valence-corrected chi connectivity index (χ0v) is 21.1. The van der Waals surface area contributed by atoms with Crippen molar-refractivity contribution in [2.75, 3.05) is 71.1 Å². The third-order valence-electron chi connectivity index (χ3n) is 6.38. The number of piperidine rings is 1. The zero-order chi connectivity index (χ0) is 19.9. The van der Waals surface area contributed by atoms with Crippen molar-refractivity contribution < 1.29 is 9.47 Å². The number of thiophene rings is 1. The van der Waals surface area contributed by atoms with Crippen LogP contribution in [0.4, 0.5) is 5.00 Å². The predicted octanol–water partition coefficient (Wildman–Crippen LogP) is 2.24. The lowest BCUT2D eigenvalue weighted by molar-refractivity contribution is 0.00245. The molecular weight excluding hydrogens is 513 g/mol. The van der Waals surface area contributed by atoms with Gasteiger partial charge in [-0.15, -0.1) is 35.3 Å². The number of hydrogen-bond acceptors (Lipinski definition) is 6. The molecule has 0 spiro atoms. The third kappa shape index (κ3) is 6.44. The third-order valence-corrected chi connectivity index (χ3v) is 7.31. The number of nitrogens with zero attached hydrogens (tertiary/aromatic N) is 3. The van der Waals surface area contributed by atoms with E-state index >= 15 is 0 Å². The lowest BCUT2D eigenvalue weighted by atomic mass is 9.97. The first-order valence-corrected chi connectivity index (χ1v) is 11.9. The standard InChI is InChI=1S/C21H35N5O2S.HI/c1-22-21(24-18-4-7-26(8-5-18)20-3-2-14-29-20)23-15-19(17-6-11-28-16-17)25-9-12-27-13-10-25;/h2-3,14,17-19H,4-13,15-16H2,1H3,(H2,22,23,24);1H. The van der Waals surface area contributed by atoms with E-state index in [2.05, 4.69) is 42.9 Å². The number of halogens is 1. The Morgan fingerprint density at radius 2 is 1.97 bits per heavy atom. The molecule has 9 heteroatoms. The van der Waals surface area contributed by atoms with Crippen molar-refractivity contribution in [3.05, 3.63) is 17.5 Å². The van der Waals surface area contributed by atoms with Crippen LogP contribution >= 0.6 is 35.3 Å². The maximum atomic E-state index is 5.69. The van der Waals surface area contributed by atoms with Crippen LogP contribution in [-0.2, 0) is 9.47 Å². The first-order chi connectivity index (χ1) is 14.3. The van der Waals surface area contributed by atoms with Gasteiger partial charge < -0.3 is 25.0 Å². The van der Waals surface area contributed by atoms with E-state index in [4.69, 9.17) is 9.47 Å². The van der Waals surface area contributed by atoms with E-state index in [1.807, 2.05) is 18.4 Å². The highest BCUT2D eigenvalue weighted by Gasteiger charge is 2.31. The van der Waals surface area contributed by atoms with Crippen LogP contribution in [0.25, 0.3) is 0 Å². The number of aliphatic imine (C=N–C) groups is 1. The fourth-order valence-electron chi connectivity index (χ4n) is 4.64. The van der Waals surface area contributed by atoms with Gasteiger partial charge in [0.2, 0.25) is 0 Å². The van der Waals surface area contributed by atoms with Crippen molar-refractivity contribution in [1.82, 2.24) is 15.5 Å². The van der Waals surface area contributed by atoms with Crippen molar-refractivity contribution in [1.29, 1.82) is 0 Å². The minimum atomic E-state index is 0. The highest BCUT2D eigenvalue weighted by Crippen LogP contribution is 2.25. The summed E-state index contributed by atoms with van der Waals surface area (Å²) in [5, 5.41) is 10.8. The average Bonchev–Trinajstić information content (AvgIpc) is 3.49. The van der Waals surface area contributed by atoms with E-state index < -0.39 is 0 Å². The number of hydrogen-bond donors (Lipinski definition) is 2. The smallest absolute Gasteiger partial charge is 0.191 e. The molecular formula is C21H36IN5O2S. The van der Waals surface area contributed by atoms with Crippen LogP contribution in [0.5, 0.6) is 0 Å². The first-order valence-electron chi connectivity index (χ1n) is 11.0. The summed E-state index contributed by atoms with van der Waals surface area (Å²) in [7, 11) is 1.87. The molecule has 0 saturated carbocycles. The lowest BCUT2D eigenvalue weighted by Crippen LogP contribution is -2.55. The minimum absolute atomic E-state index is 0. The molecule has 0 aromatic carbocycles. The topological polar surface area (TPSA) is 61.4 Å². The zero-order valence-electron chi connectivity index (χ0n) is 17.9. The number of nitrogens with one attached hydrogen (secondary N) is 2. The van der Waals surface area contributed by atoms with E-state index in [9.17, 15) is 0 Å². The van der Waals surface area contributed by atoms with E-state index in [1.54, 1.807) is 0 Å². The number of rotatable bonds is 6. The molecule has 4 heterocycles. The largest absolute Gasteiger partial charge is 0.381 e. The molecule has 0 aliphatic carbocycles. The monoisotopic (exact) mass is 549 g/mol. The van der Waals surface area contributed by atoms with Gasteiger partial charge in [0.05, 0.1) is 24.8 Å². The van der Waals surface area contributed by atoms with Gasteiger partial charge in [-0.05, 0) is 36.8 Å². The van der Waals surface area contributed by atoms with E-state index in [0.717, 1.165) is 84.4 Å². The van der Waals surface area contributed by atoms with E-state index in [1.165, 1.54) is 5.00 Å². The molecule has 170 valence electrons. The molecule has 2 unspecified atom stereocenters. The van der Waals surface area contributed by atoms with Crippen LogP contribution in [0.15, 0.2) is 22.5 Å². The maximum Gasteiger partial charge on any atom is 0.191 e. The lowest BCUT2D eigenvalue weighted by Gasteiger charge is -2.38. The second-order valence-electron chi connectivity index (χ2n) is 8.15. The second-order valence-corrected chi connectivity index (χ2v) is 9.08. The highest BCUT2D eigenvalue weighted by atomic mass is 127. The Hall–Kier alpha value is -0.620. The number of anilines is 1. The first kappa shape index (κ1) is 24.0. The number of guanidine groups is 1. The molecule has 3 saturated heterocycles. The Bertz CT molecular complexity index is 627. The van der Waals surface area contributed by atoms with E-state index in [0.29, 0.717) is 18.0 Å². The molecule has 1 aromatic heterocycles. The minimum Gasteiger partial charge on any atom is -0.381 e. The molecule has 4 rings (SSSR count). The van der Waals surface area contributed by atoms with Crippen LogP contribution < -0.4 is 15.5 Å². The van der Waals surface area contributed by atoms with Gasteiger partial charge in [-0.1, -0.05) is 0 Å². The van der Waals surface area contributed by atoms with Crippen molar-refractivity contribution in [2.45, 2.75) is 31.3 Å². The average molecular weight is 550 g/mol. The Morgan fingerprint density at radius 1 is 1.17 bits per heavy atom. The van der Waals surface area contributed by atoms with Crippen molar-refractivity contribution in [2.24, 2.45) is 10.9 Å². The van der Waals surface area contributed by atoms with Crippen LogP contribution in [0.1, 0.15) is 19.3 Å². The predicted molar refractivity (Wildman–Crippen MR) is 135 cm³/mol. The Morgan fingerprint density at radius 3 is 2.60 bits per heavy atom. The van der Waals surface area contributed by atoms with Crippen molar-refractivity contribution >= 4 is 46.3 Å². The number of morpholine rings is 1. The van der Waals surface area contributed by atoms with Crippen molar-refractivity contribution in [3.8, 4) is 0 Å². The van der Waals surface area contributed by atoms with Crippen molar-refractivity contribution in [3.63, 3.8) is 0 Å². The quantitative estimate of drug-likeness (QED) is 0.323. The van der Waals surface area contributed by atoms with Crippen LogP contribution in [0, 0.1) is 5.92 Å². The molecule has 1 aromatic rings. The van der Waals surface area contributed by atoms with E-state index in [-0.39, 0.29) is 24.0 Å². The van der Waals surface area contributed by atoms with Gasteiger partial charge in [-0.2, -0.15) is 0 Å². The molecule has 0 amide bonds. The van der Waals surface area contributed by atoms with Gasteiger partial charge >= 0.3 is 0 Å². The summed E-state index contributed by atoms with van der Waals surface area (Å²) in [6, 6.07) is 5.31. The molecule has 3 aliphatic heterocycles. The summed E-state index contributed by atoms with van der Waals surface area (Å²) in [5.74, 6) is 1.52. The summed E-state index contributed by atoms with van der Waals surface area (Å²) < 4.78 is 11.3. The normalized spacial score (nSPS) is 25.0. The Balaban J connectivity index is 0.00000256. The number of ether oxygens (including phenoxy) is 2. The summed E-state index contributed by atoms with van der Waals surface area (Å²) in [6.07, 6.45) is 3.43. The molecule has 2 atom stereocenters. The highest BCUT2D eigenvalue weighted by molar-refractivity contribution is 14.0. The fraction of sp³-hybridized carbons (Fsp3) is 0.762. The molecule has 0 radical (unpaired) electrons. The summed E-state index contributed by atoms with van der Waals surface area (Å²) in [6.45, 7) is 8.56. The Labute approximate surface area is 201 Å². The van der Waals surface area contributed by atoms with Gasteiger partial charge in [-0.25, -0.2) is 0 Å². The molecule has 7 nitrogen and oxygen atoms in total. The van der Waals surface area contributed by atoms with Gasteiger partial charge in [-0.3, -0.25) is 9.89 Å². The molecule has 3 fully saturated rings. The fourth-order valence-corrected chi connectivity index (χ4v) is 5.43. The Kier molecular flexibility index (Phi) is 9.95.